The van der Waals surface area contributed by atoms with Crippen molar-refractivity contribution in [1.29, 1.82) is 0 Å². The van der Waals surface area contributed by atoms with E-state index in [1.54, 1.807) is 12.1 Å². The standard InChI is InChI=1S/C16H22BrFN2O/c1-12(11-20-7-3-2-4-8-20)10-19-16(21)13-5-6-14(17)15(18)9-13/h5-6,9,12H,2-4,7-8,10-11H2,1H3,(H,19,21). The van der Waals surface area contributed by atoms with E-state index < -0.39 is 5.82 Å². The minimum Gasteiger partial charge on any atom is -0.352 e. The predicted octanol–water partition coefficient (Wildman–Crippen LogP) is 3.44. The molecule has 1 aliphatic heterocycles. The maximum Gasteiger partial charge on any atom is 0.251 e. The van der Waals surface area contributed by atoms with Crippen molar-refractivity contribution in [3.8, 4) is 0 Å². The number of amides is 1. The Bertz CT molecular complexity index is 489. The first-order valence-electron chi connectivity index (χ1n) is 7.52. The van der Waals surface area contributed by atoms with Gasteiger partial charge in [0.2, 0.25) is 0 Å². The largest absolute Gasteiger partial charge is 0.352 e. The van der Waals surface area contributed by atoms with Crippen LogP contribution < -0.4 is 5.32 Å². The Morgan fingerprint density at radius 1 is 1.38 bits per heavy atom. The van der Waals surface area contributed by atoms with Crippen molar-refractivity contribution in [2.45, 2.75) is 26.2 Å². The zero-order valence-electron chi connectivity index (χ0n) is 12.4. The summed E-state index contributed by atoms with van der Waals surface area (Å²) in [5.41, 5.74) is 0.362. The fraction of sp³-hybridized carbons (Fsp3) is 0.562. The quantitative estimate of drug-likeness (QED) is 0.876. The number of carbonyl (C=O) groups excluding carboxylic acids is 1. The zero-order valence-corrected chi connectivity index (χ0v) is 14.0. The number of nitrogens with one attached hydrogen (secondary N) is 1. The van der Waals surface area contributed by atoms with Gasteiger partial charge in [0.15, 0.2) is 0 Å². The lowest BCUT2D eigenvalue weighted by Gasteiger charge is -2.29. The molecule has 0 saturated carbocycles. The van der Waals surface area contributed by atoms with Crippen LogP contribution in [0.4, 0.5) is 4.39 Å². The van der Waals surface area contributed by atoms with E-state index in [0.29, 0.717) is 22.5 Å². The van der Waals surface area contributed by atoms with Crippen LogP contribution in [0.15, 0.2) is 22.7 Å². The normalized spacial score (nSPS) is 17.5. The van der Waals surface area contributed by atoms with Crippen molar-refractivity contribution >= 4 is 21.8 Å². The maximum atomic E-state index is 13.4. The van der Waals surface area contributed by atoms with E-state index in [1.807, 2.05) is 0 Å². The van der Waals surface area contributed by atoms with Crippen molar-refractivity contribution in [2.75, 3.05) is 26.2 Å². The summed E-state index contributed by atoms with van der Waals surface area (Å²) in [4.78, 5) is 14.5. The number of piperidine rings is 1. The maximum absolute atomic E-state index is 13.4. The third-order valence-corrected chi connectivity index (χ3v) is 4.45. The van der Waals surface area contributed by atoms with Gasteiger partial charge in [-0.15, -0.1) is 0 Å². The molecule has 1 unspecified atom stereocenters. The molecule has 1 atom stereocenters. The Kier molecular flexibility index (Phi) is 6.18. The van der Waals surface area contributed by atoms with Crippen LogP contribution in [0.5, 0.6) is 0 Å². The second-order valence-corrected chi connectivity index (χ2v) is 6.66. The van der Waals surface area contributed by atoms with Crippen LogP contribution in [0.2, 0.25) is 0 Å². The SMILES string of the molecule is CC(CNC(=O)c1ccc(Br)c(F)c1)CN1CCCCC1. The van der Waals surface area contributed by atoms with Gasteiger partial charge in [-0.1, -0.05) is 13.3 Å². The van der Waals surface area contributed by atoms with Gasteiger partial charge in [-0.25, -0.2) is 4.39 Å². The number of rotatable bonds is 5. The van der Waals surface area contributed by atoms with Crippen LogP contribution in [0.3, 0.4) is 0 Å². The summed E-state index contributed by atoms with van der Waals surface area (Å²) < 4.78 is 13.8. The molecule has 1 aromatic carbocycles. The van der Waals surface area contributed by atoms with Gasteiger partial charge in [0.25, 0.3) is 5.91 Å². The van der Waals surface area contributed by atoms with Crippen LogP contribution in [0.1, 0.15) is 36.5 Å². The molecule has 0 bridgehead atoms. The van der Waals surface area contributed by atoms with Gasteiger partial charge in [-0.3, -0.25) is 4.79 Å². The fourth-order valence-corrected chi connectivity index (χ4v) is 2.90. The Hall–Kier alpha value is -0.940. The van der Waals surface area contributed by atoms with E-state index in [1.165, 1.54) is 25.3 Å². The number of benzene rings is 1. The molecule has 1 N–H and O–H groups in total. The molecule has 21 heavy (non-hydrogen) atoms. The predicted molar refractivity (Wildman–Crippen MR) is 85.9 cm³/mol. The summed E-state index contributed by atoms with van der Waals surface area (Å²) in [5.74, 6) is -0.233. The van der Waals surface area contributed by atoms with Gasteiger partial charge in [0.1, 0.15) is 5.82 Å². The van der Waals surface area contributed by atoms with Gasteiger partial charge in [-0.2, -0.15) is 0 Å². The first-order chi connectivity index (χ1) is 10.1. The van der Waals surface area contributed by atoms with Crippen LogP contribution in [-0.2, 0) is 0 Å². The minimum absolute atomic E-state index is 0.216. The van der Waals surface area contributed by atoms with Crippen LogP contribution in [-0.4, -0.2) is 37.0 Å². The number of hydrogen-bond donors (Lipinski definition) is 1. The van der Waals surface area contributed by atoms with Crippen molar-refractivity contribution in [2.24, 2.45) is 5.92 Å². The highest BCUT2D eigenvalue weighted by atomic mass is 79.9. The number of likely N-dealkylation sites (tertiary alicyclic amines) is 1. The Morgan fingerprint density at radius 2 is 2.10 bits per heavy atom. The highest BCUT2D eigenvalue weighted by molar-refractivity contribution is 9.10. The van der Waals surface area contributed by atoms with Crippen molar-refractivity contribution < 1.29 is 9.18 Å². The van der Waals surface area contributed by atoms with Crippen LogP contribution in [0, 0.1) is 11.7 Å². The van der Waals surface area contributed by atoms with Crippen LogP contribution >= 0.6 is 15.9 Å². The molecule has 1 aromatic rings. The average Bonchev–Trinajstić information content (AvgIpc) is 2.48. The lowest BCUT2D eigenvalue weighted by atomic mass is 10.1. The lowest BCUT2D eigenvalue weighted by molar-refractivity contribution is 0.0942. The second kappa shape index (κ2) is 7.90. The molecular weight excluding hydrogens is 335 g/mol. The van der Waals surface area contributed by atoms with Gasteiger partial charge >= 0.3 is 0 Å². The van der Waals surface area contributed by atoms with Crippen molar-refractivity contribution in [3.05, 3.63) is 34.1 Å². The molecule has 116 valence electrons. The zero-order chi connectivity index (χ0) is 15.2. The van der Waals surface area contributed by atoms with E-state index in [4.69, 9.17) is 0 Å². The molecule has 1 fully saturated rings. The minimum atomic E-state index is -0.413. The highest BCUT2D eigenvalue weighted by Gasteiger charge is 2.15. The average molecular weight is 357 g/mol. The van der Waals surface area contributed by atoms with E-state index in [9.17, 15) is 9.18 Å². The van der Waals surface area contributed by atoms with Gasteiger partial charge in [0, 0.05) is 18.7 Å². The summed E-state index contributed by atoms with van der Waals surface area (Å²) in [6.45, 7) is 6.09. The van der Waals surface area contributed by atoms with E-state index >= 15 is 0 Å². The molecule has 0 aromatic heterocycles. The Labute approximate surface area is 134 Å². The number of nitrogens with zero attached hydrogens (tertiary/aromatic N) is 1. The summed E-state index contributed by atoms with van der Waals surface area (Å²) >= 11 is 3.08. The highest BCUT2D eigenvalue weighted by Crippen LogP contribution is 2.16. The smallest absolute Gasteiger partial charge is 0.251 e. The first kappa shape index (κ1) is 16.4. The summed E-state index contributed by atoms with van der Waals surface area (Å²) in [7, 11) is 0. The molecule has 0 radical (unpaired) electrons. The number of halogens is 2. The lowest BCUT2D eigenvalue weighted by Crippen LogP contribution is -2.38. The van der Waals surface area contributed by atoms with Gasteiger partial charge in [0.05, 0.1) is 4.47 Å². The molecule has 1 aliphatic rings. The Balaban J connectivity index is 1.78. The molecule has 1 amide bonds. The van der Waals surface area contributed by atoms with Crippen molar-refractivity contribution in [3.63, 3.8) is 0 Å². The summed E-state index contributed by atoms with van der Waals surface area (Å²) in [6, 6.07) is 4.44. The Morgan fingerprint density at radius 3 is 2.76 bits per heavy atom. The number of hydrogen-bond acceptors (Lipinski definition) is 2. The van der Waals surface area contributed by atoms with E-state index in [-0.39, 0.29) is 5.91 Å². The molecule has 1 heterocycles. The third-order valence-electron chi connectivity index (χ3n) is 3.81. The molecular formula is C16H22BrFN2O. The first-order valence-corrected chi connectivity index (χ1v) is 8.31. The molecule has 0 spiro atoms. The molecule has 2 rings (SSSR count). The van der Waals surface area contributed by atoms with Gasteiger partial charge < -0.3 is 10.2 Å². The summed E-state index contributed by atoms with van der Waals surface area (Å²) in [6.07, 6.45) is 3.88. The molecule has 3 nitrogen and oxygen atoms in total. The van der Waals surface area contributed by atoms with E-state index in [2.05, 4.69) is 33.1 Å². The van der Waals surface area contributed by atoms with Crippen LogP contribution in [0.25, 0.3) is 0 Å². The fourth-order valence-electron chi connectivity index (χ4n) is 2.65. The monoisotopic (exact) mass is 356 g/mol. The number of carbonyl (C=O) groups is 1. The van der Waals surface area contributed by atoms with Crippen molar-refractivity contribution in [1.82, 2.24) is 10.2 Å². The molecule has 1 saturated heterocycles. The topological polar surface area (TPSA) is 32.3 Å². The molecule has 5 heteroatoms. The van der Waals surface area contributed by atoms with Gasteiger partial charge in [-0.05, 0) is 66.0 Å². The second-order valence-electron chi connectivity index (χ2n) is 5.81. The third kappa shape index (κ3) is 5.08. The molecule has 0 aliphatic carbocycles. The van der Waals surface area contributed by atoms with E-state index in [0.717, 1.165) is 19.6 Å². The summed E-state index contributed by atoms with van der Waals surface area (Å²) in [5, 5.41) is 2.89.